The first-order valence-corrected chi connectivity index (χ1v) is 8.86. The van der Waals surface area contributed by atoms with Gasteiger partial charge in [-0.25, -0.2) is 14.1 Å². The number of anilines is 1. The van der Waals surface area contributed by atoms with Crippen molar-refractivity contribution in [3.63, 3.8) is 0 Å². The van der Waals surface area contributed by atoms with Gasteiger partial charge in [0.15, 0.2) is 5.82 Å². The summed E-state index contributed by atoms with van der Waals surface area (Å²) in [5.41, 5.74) is 12.3. The predicted molar refractivity (Wildman–Crippen MR) is 100 cm³/mol. The third kappa shape index (κ3) is 2.80. The molecule has 4 rings (SSSR count). The van der Waals surface area contributed by atoms with Crippen molar-refractivity contribution >= 4 is 29.2 Å². The molecule has 0 saturated heterocycles. The van der Waals surface area contributed by atoms with E-state index in [0.29, 0.717) is 16.4 Å². The second kappa shape index (κ2) is 6.28. The summed E-state index contributed by atoms with van der Waals surface area (Å²) in [6, 6.07) is 4.84. The second-order valence-electron chi connectivity index (χ2n) is 6.56. The van der Waals surface area contributed by atoms with E-state index in [9.17, 15) is 4.39 Å². The van der Waals surface area contributed by atoms with Crippen LogP contribution in [0.2, 0.25) is 5.02 Å². The summed E-state index contributed by atoms with van der Waals surface area (Å²) in [6.07, 6.45) is 7.74. The molecule has 0 amide bonds. The molecule has 2 aromatic rings. The zero-order valence-electron chi connectivity index (χ0n) is 14.1. The first-order chi connectivity index (χ1) is 12.5. The number of benzene rings is 1. The number of halogens is 2. The molecule has 1 aromatic heterocycles. The Hall–Kier alpha value is -2.61. The van der Waals surface area contributed by atoms with Crippen molar-refractivity contribution in [1.29, 1.82) is 0 Å². The Bertz CT molecular complexity index is 898. The molecule has 1 saturated carbocycles. The zero-order chi connectivity index (χ0) is 18.3. The van der Waals surface area contributed by atoms with E-state index < -0.39 is 11.5 Å². The Morgan fingerprint density at radius 3 is 2.58 bits per heavy atom. The van der Waals surface area contributed by atoms with Crippen molar-refractivity contribution in [2.45, 2.75) is 37.8 Å². The van der Waals surface area contributed by atoms with Crippen LogP contribution in [0, 0.1) is 5.82 Å². The highest BCUT2D eigenvalue weighted by molar-refractivity contribution is 6.30. The van der Waals surface area contributed by atoms with Crippen LogP contribution in [0.4, 0.5) is 10.1 Å². The molecule has 2 heterocycles. The fourth-order valence-corrected chi connectivity index (χ4v) is 3.88. The van der Waals surface area contributed by atoms with Gasteiger partial charge in [0.25, 0.3) is 0 Å². The molecule has 7 nitrogen and oxygen atoms in total. The summed E-state index contributed by atoms with van der Waals surface area (Å²) in [7, 11) is 0. The Morgan fingerprint density at radius 2 is 1.92 bits per heavy atom. The minimum Gasteiger partial charge on any atom is -0.369 e. The molecule has 1 aliphatic carbocycles. The van der Waals surface area contributed by atoms with E-state index in [-0.39, 0.29) is 11.9 Å². The van der Waals surface area contributed by atoms with Gasteiger partial charge in [-0.2, -0.15) is 10.1 Å². The van der Waals surface area contributed by atoms with E-state index in [1.54, 1.807) is 23.2 Å². The molecule has 0 unspecified atom stereocenters. The molecule has 26 heavy (non-hydrogen) atoms. The van der Waals surface area contributed by atoms with Crippen molar-refractivity contribution in [3.8, 4) is 5.69 Å². The third-order valence-corrected chi connectivity index (χ3v) is 5.03. The monoisotopic (exact) mass is 375 g/mol. The Balaban J connectivity index is 1.75. The Morgan fingerprint density at radius 1 is 1.15 bits per heavy atom. The molecule has 1 fully saturated rings. The molecular formula is C17H19ClFN7. The van der Waals surface area contributed by atoms with Gasteiger partial charge in [-0.05, 0) is 43.9 Å². The summed E-state index contributed by atoms with van der Waals surface area (Å²) < 4.78 is 16.2. The number of rotatable bonds is 2. The summed E-state index contributed by atoms with van der Waals surface area (Å²) >= 11 is 5.87. The summed E-state index contributed by atoms with van der Waals surface area (Å²) in [5.74, 6) is -0.0406. The topological polar surface area (TPSA) is 97.8 Å². The molecule has 1 aromatic carbocycles. The molecule has 0 atom stereocenters. The SMILES string of the molecule is NC1=NC2(CCCCC2)N(c2ccc(-n3cc(Cl)cn3)c(F)c2)C(N)=N1. The molecule has 2 aliphatic rings. The van der Waals surface area contributed by atoms with Gasteiger partial charge in [-0.1, -0.05) is 18.0 Å². The quantitative estimate of drug-likeness (QED) is 0.843. The van der Waals surface area contributed by atoms with E-state index in [0.717, 1.165) is 32.1 Å². The van der Waals surface area contributed by atoms with Gasteiger partial charge in [0.1, 0.15) is 11.4 Å². The molecule has 1 spiro atoms. The van der Waals surface area contributed by atoms with Crippen LogP contribution < -0.4 is 16.4 Å². The fourth-order valence-electron chi connectivity index (χ4n) is 3.75. The Labute approximate surface area is 155 Å². The number of nitrogens with two attached hydrogens (primary N) is 2. The van der Waals surface area contributed by atoms with Gasteiger partial charge in [0.05, 0.1) is 11.2 Å². The number of nitrogens with zero attached hydrogens (tertiary/aromatic N) is 5. The third-order valence-electron chi connectivity index (χ3n) is 4.84. The van der Waals surface area contributed by atoms with Gasteiger partial charge in [0.2, 0.25) is 11.9 Å². The van der Waals surface area contributed by atoms with E-state index in [1.165, 1.54) is 16.9 Å². The number of hydrogen-bond acceptors (Lipinski definition) is 6. The maximum atomic E-state index is 14.8. The van der Waals surface area contributed by atoms with Crippen LogP contribution in [0.25, 0.3) is 5.69 Å². The average molecular weight is 376 g/mol. The molecule has 9 heteroatoms. The van der Waals surface area contributed by atoms with Gasteiger partial charge in [0, 0.05) is 11.9 Å². The largest absolute Gasteiger partial charge is 0.369 e. The molecule has 136 valence electrons. The molecule has 0 radical (unpaired) electrons. The van der Waals surface area contributed by atoms with Crippen molar-refractivity contribution in [2.75, 3.05) is 4.90 Å². The highest BCUT2D eigenvalue weighted by atomic mass is 35.5. The molecule has 0 bridgehead atoms. The van der Waals surface area contributed by atoms with E-state index in [4.69, 9.17) is 23.1 Å². The van der Waals surface area contributed by atoms with Gasteiger partial charge < -0.3 is 11.5 Å². The summed E-state index contributed by atoms with van der Waals surface area (Å²) in [6.45, 7) is 0. The van der Waals surface area contributed by atoms with Crippen molar-refractivity contribution in [2.24, 2.45) is 21.5 Å². The standard InChI is InChI=1S/C17H19ClFN7/c18-11-9-22-25(10-11)14-5-4-12(8-13(14)19)26-16(21)23-15(20)24-17(26)6-2-1-3-7-17/h4-5,8-10H,1-3,6-7H2,(H4,20,21,23,24). The van der Waals surface area contributed by atoms with Crippen LogP contribution >= 0.6 is 11.6 Å². The Kier molecular flexibility index (Phi) is 4.07. The minimum atomic E-state index is -0.600. The lowest BCUT2D eigenvalue weighted by molar-refractivity contribution is 0.305. The average Bonchev–Trinajstić information content (AvgIpc) is 3.01. The van der Waals surface area contributed by atoms with Crippen molar-refractivity contribution < 1.29 is 4.39 Å². The second-order valence-corrected chi connectivity index (χ2v) is 6.99. The van der Waals surface area contributed by atoms with E-state index in [2.05, 4.69) is 15.1 Å². The summed E-state index contributed by atoms with van der Waals surface area (Å²) in [5, 5.41) is 4.48. The van der Waals surface area contributed by atoms with Crippen LogP contribution in [-0.4, -0.2) is 27.4 Å². The number of hydrogen-bond donors (Lipinski definition) is 2. The van der Waals surface area contributed by atoms with Crippen LogP contribution in [0.15, 0.2) is 40.6 Å². The highest BCUT2D eigenvalue weighted by Crippen LogP contribution is 2.39. The predicted octanol–water partition coefficient (Wildman–Crippen LogP) is 2.77. The van der Waals surface area contributed by atoms with Crippen LogP contribution in [0.3, 0.4) is 0 Å². The van der Waals surface area contributed by atoms with Gasteiger partial charge in [-0.3, -0.25) is 4.90 Å². The lowest BCUT2D eigenvalue weighted by atomic mass is 9.87. The van der Waals surface area contributed by atoms with Crippen LogP contribution in [-0.2, 0) is 0 Å². The summed E-state index contributed by atoms with van der Waals surface area (Å²) in [4.78, 5) is 10.5. The van der Waals surface area contributed by atoms with Gasteiger partial charge >= 0.3 is 0 Å². The maximum absolute atomic E-state index is 14.8. The maximum Gasteiger partial charge on any atom is 0.220 e. The molecular weight excluding hydrogens is 357 g/mol. The van der Waals surface area contributed by atoms with Crippen LogP contribution in [0.1, 0.15) is 32.1 Å². The zero-order valence-corrected chi connectivity index (χ0v) is 14.8. The number of aromatic nitrogens is 2. The highest BCUT2D eigenvalue weighted by Gasteiger charge is 2.42. The lowest BCUT2D eigenvalue weighted by Gasteiger charge is -2.45. The fraction of sp³-hybridized carbons (Fsp3) is 0.353. The van der Waals surface area contributed by atoms with Crippen LogP contribution in [0.5, 0.6) is 0 Å². The minimum absolute atomic E-state index is 0.170. The lowest BCUT2D eigenvalue weighted by Crippen LogP contribution is -2.58. The first-order valence-electron chi connectivity index (χ1n) is 8.48. The number of aliphatic imine (C=N–C) groups is 2. The van der Waals surface area contributed by atoms with E-state index >= 15 is 0 Å². The normalized spacial score (nSPS) is 19.4. The molecule has 4 N–H and O–H groups in total. The van der Waals surface area contributed by atoms with E-state index in [1.807, 2.05) is 0 Å². The molecule has 1 aliphatic heterocycles. The van der Waals surface area contributed by atoms with Gasteiger partial charge in [-0.15, -0.1) is 0 Å². The van der Waals surface area contributed by atoms with Crippen molar-refractivity contribution in [1.82, 2.24) is 9.78 Å². The first kappa shape index (κ1) is 16.8. The van der Waals surface area contributed by atoms with Crippen molar-refractivity contribution in [3.05, 3.63) is 41.4 Å². The number of guanidine groups is 2. The smallest absolute Gasteiger partial charge is 0.220 e.